The molecule has 130 valence electrons. The van der Waals surface area contributed by atoms with Gasteiger partial charge in [0, 0.05) is 16.8 Å². The van der Waals surface area contributed by atoms with Crippen LogP contribution in [0.25, 0.3) is 11.0 Å². The van der Waals surface area contributed by atoms with Crippen molar-refractivity contribution in [3.8, 4) is 0 Å². The van der Waals surface area contributed by atoms with Crippen LogP contribution in [0.3, 0.4) is 0 Å². The average molecular weight is 357 g/mol. The van der Waals surface area contributed by atoms with E-state index in [-0.39, 0.29) is 18.0 Å². The van der Waals surface area contributed by atoms with Gasteiger partial charge in [0.1, 0.15) is 0 Å². The van der Waals surface area contributed by atoms with Crippen molar-refractivity contribution < 1.29 is 4.79 Å². The molecule has 1 atom stereocenters. The van der Waals surface area contributed by atoms with Gasteiger partial charge in [0.05, 0.1) is 23.2 Å². The minimum atomic E-state index is -0.204. The number of carbonyl (C=O) groups is 1. The quantitative estimate of drug-likeness (QED) is 0.750. The predicted molar refractivity (Wildman–Crippen MR) is 100.0 cm³/mol. The highest BCUT2D eigenvalue weighted by Crippen LogP contribution is 2.24. The summed E-state index contributed by atoms with van der Waals surface area (Å²) in [4.78, 5) is 17.4. The van der Waals surface area contributed by atoms with Crippen LogP contribution in [0.2, 0.25) is 5.02 Å². The number of hydrogen-bond donors (Lipinski definition) is 1. The first-order chi connectivity index (χ1) is 11.9. The van der Waals surface area contributed by atoms with E-state index in [0.29, 0.717) is 10.6 Å². The Balaban J connectivity index is 1.96. The number of fused-ring (bicyclic) bond motifs is 1. The number of nitrogens with zero attached hydrogens (tertiary/aromatic N) is 3. The maximum Gasteiger partial charge on any atom is 0.252 e. The minimum Gasteiger partial charge on any atom is -0.345 e. The standard InChI is InChI=1S/C19H21ClN4O/c1-11(2)24-18-16(10-21-24)15(9-12(3)22-18)19(25)23-13(4)14-7-5-6-8-17(14)20/h5-11,13H,1-4H3,(H,23,25). The summed E-state index contributed by atoms with van der Waals surface area (Å²) in [6, 6.07) is 9.28. The number of amides is 1. The van der Waals surface area contributed by atoms with Crippen LogP contribution in [-0.2, 0) is 0 Å². The molecule has 3 rings (SSSR count). The zero-order valence-corrected chi connectivity index (χ0v) is 15.5. The Morgan fingerprint density at radius 2 is 1.96 bits per heavy atom. The molecule has 1 N–H and O–H groups in total. The summed E-state index contributed by atoms with van der Waals surface area (Å²) in [6.07, 6.45) is 1.71. The molecule has 0 aliphatic heterocycles. The average Bonchev–Trinajstić information content (AvgIpc) is 2.98. The third-order valence-corrected chi connectivity index (χ3v) is 4.49. The molecule has 0 saturated carbocycles. The van der Waals surface area contributed by atoms with Gasteiger partial charge in [-0.2, -0.15) is 5.10 Å². The molecule has 25 heavy (non-hydrogen) atoms. The molecule has 1 aromatic carbocycles. The van der Waals surface area contributed by atoms with E-state index in [1.807, 2.05) is 56.6 Å². The first-order valence-electron chi connectivity index (χ1n) is 8.28. The molecule has 0 radical (unpaired) electrons. The number of aryl methyl sites for hydroxylation is 1. The maximum absolute atomic E-state index is 12.9. The largest absolute Gasteiger partial charge is 0.345 e. The Morgan fingerprint density at radius 3 is 2.64 bits per heavy atom. The lowest BCUT2D eigenvalue weighted by Gasteiger charge is -2.16. The zero-order valence-electron chi connectivity index (χ0n) is 14.7. The van der Waals surface area contributed by atoms with E-state index in [0.717, 1.165) is 22.3 Å². The topological polar surface area (TPSA) is 59.8 Å². The molecule has 0 aliphatic rings. The van der Waals surface area contributed by atoms with Crippen molar-refractivity contribution in [1.29, 1.82) is 0 Å². The molecule has 5 nitrogen and oxygen atoms in total. The Morgan fingerprint density at radius 1 is 1.24 bits per heavy atom. The Bertz CT molecular complexity index is 932. The van der Waals surface area contributed by atoms with Crippen LogP contribution < -0.4 is 5.32 Å². The Labute approximate surface area is 152 Å². The summed E-state index contributed by atoms with van der Waals surface area (Å²) in [5, 5.41) is 8.80. The second kappa shape index (κ2) is 6.84. The van der Waals surface area contributed by atoms with Crippen LogP contribution in [0.15, 0.2) is 36.5 Å². The van der Waals surface area contributed by atoms with Crippen molar-refractivity contribution in [3.63, 3.8) is 0 Å². The molecular weight excluding hydrogens is 336 g/mol. The third-order valence-electron chi connectivity index (χ3n) is 4.15. The van der Waals surface area contributed by atoms with Gasteiger partial charge in [-0.15, -0.1) is 0 Å². The van der Waals surface area contributed by atoms with Gasteiger partial charge in [-0.1, -0.05) is 29.8 Å². The van der Waals surface area contributed by atoms with Crippen molar-refractivity contribution in [1.82, 2.24) is 20.1 Å². The molecule has 1 amide bonds. The number of carbonyl (C=O) groups excluding carboxylic acids is 1. The molecule has 0 saturated heterocycles. The van der Waals surface area contributed by atoms with E-state index in [4.69, 9.17) is 11.6 Å². The van der Waals surface area contributed by atoms with Crippen LogP contribution in [0.5, 0.6) is 0 Å². The molecule has 6 heteroatoms. The van der Waals surface area contributed by atoms with Gasteiger partial charge in [-0.3, -0.25) is 4.79 Å². The first kappa shape index (κ1) is 17.4. The van der Waals surface area contributed by atoms with Crippen LogP contribution >= 0.6 is 11.6 Å². The van der Waals surface area contributed by atoms with Gasteiger partial charge in [-0.25, -0.2) is 9.67 Å². The maximum atomic E-state index is 12.9. The van der Waals surface area contributed by atoms with Gasteiger partial charge in [-0.05, 0) is 45.4 Å². The number of nitrogens with one attached hydrogen (secondary N) is 1. The van der Waals surface area contributed by atoms with E-state index in [1.165, 1.54) is 0 Å². The van der Waals surface area contributed by atoms with Gasteiger partial charge in [0.15, 0.2) is 5.65 Å². The fourth-order valence-electron chi connectivity index (χ4n) is 2.89. The van der Waals surface area contributed by atoms with E-state index in [2.05, 4.69) is 15.4 Å². The number of pyridine rings is 1. The molecule has 1 unspecified atom stereocenters. The van der Waals surface area contributed by atoms with Gasteiger partial charge in [0.2, 0.25) is 0 Å². The number of aromatic nitrogens is 3. The van der Waals surface area contributed by atoms with Crippen molar-refractivity contribution in [2.45, 2.75) is 39.8 Å². The Kier molecular flexibility index (Phi) is 4.77. The fraction of sp³-hybridized carbons (Fsp3) is 0.316. The third kappa shape index (κ3) is 3.37. The van der Waals surface area contributed by atoms with E-state index >= 15 is 0 Å². The predicted octanol–water partition coefficient (Wildman–Crippen LogP) is 4.47. The summed E-state index contributed by atoms with van der Waals surface area (Å²) in [5.74, 6) is -0.161. The lowest BCUT2D eigenvalue weighted by molar-refractivity contribution is 0.0941. The highest BCUT2D eigenvalue weighted by atomic mass is 35.5. The molecule has 0 aliphatic carbocycles. The molecule has 0 fully saturated rings. The van der Waals surface area contributed by atoms with Gasteiger partial charge >= 0.3 is 0 Å². The highest BCUT2D eigenvalue weighted by molar-refractivity contribution is 6.31. The lowest BCUT2D eigenvalue weighted by Crippen LogP contribution is -2.27. The van der Waals surface area contributed by atoms with E-state index < -0.39 is 0 Å². The van der Waals surface area contributed by atoms with Crippen molar-refractivity contribution in [3.05, 3.63) is 58.4 Å². The summed E-state index contributed by atoms with van der Waals surface area (Å²) >= 11 is 6.23. The van der Waals surface area contributed by atoms with Gasteiger partial charge < -0.3 is 5.32 Å². The van der Waals surface area contributed by atoms with E-state index in [1.54, 1.807) is 12.3 Å². The lowest BCUT2D eigenvalue weighted by atomic mass is 10.1. The van der Waals surface area contributed by atoms with Crippen LogP contribution in [0, 0.1) is 6.92 Å². The summed E-state index contributed by atoms with van der Waals surface area (Å²) in [6.45, 7) is 7.87. The Hall–Kier alpha value is -2.40. The second-order valence-corrected chi connectivity index (χ2v) is 6.86. The van der Waals surface area contributed by atoms with E-state index in [9.17, 15) is 4.79 Å². The molecule has 3 aromatic rings. The second-order valence-electron chi connectivity index (χ2n) is 6.45. The first-order valence-corrected chi connectivity index (χ1v) is 8.66. The summed E-state index contributed by atoms with van der Waals surface area (Å²) in [5.41, 5.74) is 2.97. The minimum absolute atomic E-state index is 0.161. The molecule has 0 bridgehead atoms. The van der Waals surface area contributed by atoms with Crippen LogP contribution in [0.1, 0.15) is 54.5 Å². The molecule has 2 heterocycles. The van der Waals surface area contributed by atoms with Crippen LogP contribution in [-0.4, -0.2) is 20.7 Å². The highest BCUT2D eigenvalue weighted by Gasteiger charge is 2.19. The molecule has 0 spiro atoms. The molecular formula is C19H21ClN4O. The fourth-order valence-corrected chi connectivity index (χ4v) is 3.19. The number of hydrogen-bond acceptors (Lipinski definition) is 3. The van der Waals surface area contributed by atoms with Crippen molar-refractivity contribution >= 4 is 28.5 Å². The number of benzene rings is 1. The zero-order chi connectivity index (χ0) is 18.1. The van der Waals surface area contributed by atoms with Gasteiger partial charge in [0.25, 0.3) is 5.91 Å². The number of halogens is 1. The normalized spacial score (nSPS) is 12.6. The van der Waals surface area contributed by atoms with Crippen LogP contribution in [0.4, 0.5) is 0 Å². The molecule has 2 aromatic heterocycles. The smallest absolute Gasteiger partial charge is 0.252 e. The van der Waals surface area contributed by atoms with Crippen molar-refractivity contribution in [2.24, 2.45) is 0 Å². The number of rotatable bonds is 4. The summed E-state index contributed by atoms with van der Waals surface area (Å²) in [7, 11) is 0. The summed E-state index contributed by atoms with van der Waals surface area (Å²) < 4.78 is 1.83. The van der Waals surface area contributed by atoms with Crippen molar-refractivity contribution in [2.75, 3.05) is 0 Å². The SMILES string of the molecule is Cc1cc(C(=O)NC(C)c2ccccc2Cl)c2cnn(C(C)C)c2n1. The monoisotopic (exact) mass is 356 g/mol.